The molecule has 0 heterocycles. The maximum atomic E-state index is 13.2. The topological polar surface area (TPSA) is 60.4 Å². The zero-order valence-electron chi connectivity index (χ0n) is 17.2. The van der Waals surface area contributed by atoms with Gasteiger partial charge >= 0.3 is 6.09 Å². The highest BCUT2D eigenvalue weighted by atomic mass is 19.1. The van der Waals surface area contributed by atoms with Gasteiger partial charge in [0, 0.05) is 6.54 Å². The first-order chi connectivity index (χ1) is 13.8. The average molecular weight is 402 g/mol. The number of amides is 1. The zero-order chi connectivity index (χ0) is 21.3. The van der Waals surface area contributed by atoms with E-state index in [2.05, 4.69) is 9.99 Å². The molecule has 156 valence electrons. The fraction of sp³-hybridized carbons (Fsp3) is 0.364. The molecule has 2 aromatic rings. The quantitative estimate of drug-likeness (QED) is 0.471. The number of benzene rings is 2. The van der Waals surface area contributed by atoms with Crippen LogP contribution in [-0.4, -0.2) is 36.5 Å². The highest BCUT2D eigenvalue weighted by Gasteiger charge is 2.21. The third-order valence-corrected chi connectivity index (χ3v) is 3.72. The summed E-state index contributed by atoms with van der Waals surface area (Å²) in [6.45, 7) is 6.31. The summed E-state index contributed by atoms with van der Waals surface area (Å²) in [7, 11) is 1.44. The van der Waals surface area contributed by atoms with Crippen LogP contribution in [-0.2, 0) is 22.7 Å². The molecular weight excluding hydrogens is 375 g/mol. The van der Waals surface area contributed by atoms with Crippen molar-refractivity contribution in [3.8, 4) is 5.75 Å². The molecule has 0 aliphatic rings. The van der Waals surface area contributed by atoms with Crippen LogP contribution in [0.4, 0.5) is 9.18 Å². The van der Waals surface area contributed by atoms with E-state index >= 15 is 0 Å². The number of oxime groups is 1. The van der Waals surface area contributed by atoms with Crippen LogP contribution in [0.1, 0.15) is 31.9 Å². The molecule has 0 saturated carbocycles. The predicted molar refractivity (Wildman–Crippen MR) is 109 cm³/mol. The summed E-state index contributed by atoms with van der Waals surface area (Å²) >= 11 is 0. The van der Waals surface area contributed by atoms with Crippen molar-refractivity contribution < 1.29 is 23.5 Å². The molecule has 0 aromatic heterocycles. The molecule has 0 aliphatic carbocycles. The van der Waals surface area contributed by atoms with Gasteiger partial charge in [-0.1, -0.05) is 29.4 Å². The monoisotopic (exact) mass is 402 g/mol. The zero-order valence-corrected chi connectivity index (χ0v) is 17.2. The summed E-state index contributed by atoms with van der Waals surface area (Å²) < 4.78 is 24.4. The lowest BCUT2D eigenvalue weighted by Gasteiger charge is -2.26. The molecule has 2 rings (SSSR count). The van der Waals surface area contributed by atoms with E-state index in [4.69, 9.17) is 9.47 Å². The Morgan fingerprint density at radius 1 is 1.14 bits per heavy atom. The lowest BCUT2D eigenvalue weighted by molar-refractivity contribution is 0.0265. The van der Waals surface area contributed by atoms with E-state index in [-0.39, 0.29) is 19.0 Å². The molecule has 0 fully saturated rings. The Bertz CT molecular complexity index is 816. The number of hydrogen-bond donors (Lipinski definition) is 0. The van der Waals surface area contributed by atoms with E-state index in [1.54, 1.807) is 12.1 Å². The summed E-state index contributed by atoms with van der Waals surface area (Å²) in [5, 5.41) is 3.68. The fourth-order valence-corrected chi connectivity index (χ4v) is 2.44. The molecule has 0 N–H and O–H groups in total. The second-order valence-electron chi connectivity index (χ2n) is 7.39. The Morgan fingerprint density at radius 3 is 2.48 bits per heavy atom. The van der Waals surface area contributed by atoms with Crippen molar-refractivity contribution >= 4 is 12.3 Å². The average Bonchev–Trinajstić information content (AvgIpc) is 2.65. The van der Waals surface area contributed by atoms with Gasteiger partial charge in [0.05, 0.1) is 12.8 Å². The summed E-state index contributed by atoms with van der Waals surface area (Å²) in [5.74, 6) is 0.364. The Hall–Kier alpha value is -3.09. The van der Waals surface area contributed by atoms with Crippen molar-refractivity contribution in [2.24, 2.45) is 5.16 Å². The van der Waals surface area contributed by atoms with Crippen molar-refractivity contribution in [1.82, 2.24) is 4.90 Å². The summed E-state index contributed by atoms with van der Waals surface area (Å²) in [4.78, 5) is 18.6. The van der Waals surface area contributed by atoms with Gasteiger partial charge in [-0.05, 0) is 56.2 Å². The predicted octanol–water partition coefficient (Wildman–Crippen LogP) is 4.77. The number of nitrogens with zero attached hydrogens (tertiary/aromatic N) is 2. The molecule has 6 nitrogen and oxygen atoms in total. The summed E-state index contributed by atoms with van der Waals surface area (Å²) in [5.41, 5.74) is 1.06. The Balaban J connectivity index is 1.99. The van der Waals surface area contributed by atoms with Gasteiger partial charge in [-0.15, -0.1) is 0 Å². The van der Waals surface area contributed by atoms with Crippen LogP contribution in [0.25, 0.3) is 0 Å². The lowest BCUT2D eigenvalue weighted by Crippen LogP contribution is -2.37. The molecule has 1 amide bonds. The molecule has 0 atom stereocenters. The minimum absolute atomic E-state index is 0.251. The number of rotatable bonds is 8. The van der Waals surface area contributed by atoms with Crippen molar-refractivity contribution in [1.29, 1.82) is 0 Å². The van der Waals surface area contributed by atoms with Gasteiger partial charge in [0.1, 0.15) is 30.9 Å². The van der Waals surface area contributed by atoms with Crippen LogP contribution in [0.5, 0.6) is 5.75 Å². The first kappa shape index (κ1) is 22.2. The van der Waals surface area contributed by atoms with Crippen LogP contribution < -0.4 is 4.74 Å². The van der Waals surface area contributed by atoms with E-state index in [1.807, 2.05) is 45.0 Å². The minimum atomic E-state index is -0.595. The highest BCUT2D eigenvalue weighted by molar-refractivity contribution is 5.73. The third-order valence-electron chi connectivity index (χ3n) is 3.72. The van der Waals surface area contributed by atoms with Crippen molar-refractivity contribution in [2.45, 2.75) is 39.5 Å². The maximum absolute atomic E-state index is 13.2. The molecule has 7 heteroatoms. The number of carbonyl (C=O) groups excluding carboxylic acids is 1. The number of halogens is 1. The fourth-order valence-electron chi connectivity index (χ4n) is 2.44. The van der Waals surface area contributed by atoms with E-state index in [0.29, 0.717) is 12.3 Å². The van der Waals surface area contributed by atoms with Crippen molar-refractivity contribution in [3.05, 3.63) is 65.5 Å². The van der Waals surface area contributed by atoms with E-state index in [9.17, 15) is 9.18 Å². The van der Waals surface area contributed by atoms with Crippen LogP contribution in [0, 0.1) is 5.82 Å². The van der Waals surface area contributed by atoms with Crippen LogP contribution in [0.15, 0.2) is 53.7 Å². The molecule has 0 aliphatic heterocycles. The maximum Gasteiger partial charge on any atom is 0.410 e. The smallest absolute Gasteiger partial charge is 0.410 e. The molecular formula is C22H27FN2O4. The van der Waals surface area contributed by atoms with Crippen molar-refractivity contribution in [3.63, 3.8) is 0 Å². The largest absolute Gasteiger partial charge is 0.489 e. The minimum Gasteiger partial charge on any atom is -0.489 e. The van der Waals surface area contributed by atoms with Gasteiger partial charge in [0.25, 0.3) is 0 Å². The highest BCUT2D eigenvalue weighted by Crippen LogP contribution is 2.17. The second-order valence-corrected chi connectivity index (χ2v) is 7.39. The number of hydrogen-bond acceptors (Lipinski definition) is 5. The van der Waals surface area contributed by atoms with E-state index in [1.165, 1.54) is 30.4 Å². The Labute approximate surface area is 170 Å². The Morgan fingerprint density at radius 2 is 1.86 bits per heavy atom. The van der Waals surface area contributed by atoms with Crippen LogP contribution in [0.3, 0.4) is 0 Å². The van der Waals surface area contributed by atoms with Gasteiger partial charge in [-0.25, -0.2) is 9.18 Å². The molecule has 2 aromatic carbocycles. The van der Waals surface area contributed by atoms with Gasteiger partial charge in [0.15, 0.2) is 0 Å². The van der Waals surface area contributed by atoms with Crippen molar-refractivity contribution in [2.75, 3.05) is 13.7 Å². The molecule has 0 bridgehead atoms. The van der Waals surface area contributed by atoms with Crippen LogP contribution >= 0.6 is 0 Å². The first-order valence-corrected chi connectivity index (χ1v) is 9.26. The standard InChI is InChI=1S/C22H27FN2O4/c1-22(2,3)29-21(26)25(13-12-24-27-4)15-17-8-10-20(11-9-17)28-16-18-6-5-7-19(23)14-18/h5-12,14H,13,15-16H2,1-4H3. The van der Waals surface area contributed by atoms with Gasteiger partial charge in [-0.3, -0.25) is 4.90 Å². The summed E-state index contributed by atoms with van der Waals surface area (Å²) in [6.07, 6.45) is 1.06. The second kappa shape index (κ2) is 10.5. The third kappa shape index (κ3) is 8.21. The number of ether oxygens (including phenoxy) is 2. The lowest BCUT2D eigenvalue weighted by atomic mass is 10.2. The summed E-state index contributed by atoms with van der Waals surface area (Å²) in [6, 6.07) is 13.6. The molecule has 29 heavy (non-hydrogen) atoms. The van der Waals surface area contributed by atoms with Gasteiger partial charge in [-0.2, -0.15) is 0 Å². The molecule has 0 spiro atoms. The molecule has 0 saturated heterocycles. The molecule has 0 unspecified atom stereocenters. The van der Waals surface area contributed by atoms with Crippen LogP contribution in [0.2, 0.25) is 0 Å². The Kier molecular flexibility index (Phi) is 8.00. The normalized spacial score (nSPS) is 11.3. The molecule has 0 radical (unpaired) electrons. The van der Waals surface area contributed by atoms with Gasteiger partial charge in [0.2, 0.25) is 0 Å². The van der Waals surface area contributed by atoms with E-state index < -0.39 is 11.7 Å². The first-order valence-electron chi connectivity index (χ1n) is 9.26. The number of carbonyl (C=O) groups is 1. The van der Waals surface area contributed by atoms with E-state index in [0.717, 1.165) is 11.1 Å². The van der Waals surface area contributed by atoms with Gasteiger partial charge < -0.3 is 14.3 Å². The SMILES string of the molecule is CON=CCN(Cc1ccc(OCc2cccc(F)c2)cc1)C(=O)OC(C)(C)C.